The van der Waals surface area contributed by atoms with Crippen molar-refractivity contribution < 1.29 is 13.5 Å². The first-order valence-electron chi connectivity index (χ1n) is 6.11. The van der Waals surface area contributed by atoms with E-state index in [1.54, 1.807) is 13.8 Å². The summed E-state index contributed by atoms with van der Waals surface area (Å²) in [4.78, 5) is 0. The van der Waals surface area contributed by atoms with Gasteiger partial charge in [0.15, 0.2) is 17.4 Å². The maximum Gasteiger partial charge on any atom is 0.190 e. The van der Waals surface area contributed by atoms with Crippen molar-refractivity contribution in [1.29, 1.82) is 5.26 Å². The lowest BCUT2D eigenvalue weighted by Gasteiger charge is -2.16. The molecule has 0 saturated carbocycles. The first kappa shape index (κ1) is 15.4. The van der Waals surface area contributed by atoms with Crippen LogP contribution >= 0.6 is 0 Å². The van der Waals surface area contributed by atoms with Crippen LogP contribution in [0.15, 0.2) is 12.1 Å². The van der Waals surface area contributed by atoms with Gasteiger partial charge in [0.1, 0.15) is 0 Å². The molecule has 5 heteroatoms. The maximum atomic E-state index is 13.7. The number of nitrogens with two attached hydrogens (primary N) is 1. The van der Waals surface area contributed by atoms with Crippen LogP contribution in [0.1, 0.15) is 25.8 Å². The quantitative estimate of drug-likeness (QED) is 0.863. The first-order valence-corrected chi connectivity index (χ1v) is 6.11. The van der Waals surface area contributed by atoms with Crippen molar-refractivity contribution in [2.75, 3.05) is 13.2 Å². The summed E-state index contributed by atoms with van der Waals surface area (Å²) < 4.78 is 32.4. The molecule has 19 heavy (non-hydrogen) atoms. The summed E-state index contributed by atoms with van der Waals surface area (Å²) >= 11 is 0. The second-order valence-electron chi connectivity index (χ2n) is 5.02. The third kappa shape index (κ3) is 4.49. The highest BCUT2D eigenvalue weighted by atomic mass is 19.1. The summed E-state index contributed by atoms with van der Waals surface area (Å²) in [6, 6.07) is 4.55. The molecule has 1 aromatic rings. The maximum absolute atomic E-state index is 13.7. The van der Waals surface area contributed by atoms with Gasteiger partial charge in [-0.25, -0.2) is 8.78 Å². The Labute approximate surface area is 112 Å². The predicted molar refractivity (Wildman–Crippen MR) is 68.6 cm³/mol. The van der Waals surface area contributed by atoms with E-state index in [0.29, 0.717) is 24.9 Å². The molecule has 104 valence electrons. The Morgan fingerprint density at radius 2 is 1.89 bits per heavy atom. The number of hydrogen-bond acceptors (Lipinski definition) is 3. The molecule has 0 aliphatic carbocycles. The molecule has 3 nitrogen and oxygen atoms in total. The van der Waals surface area contributed by atoms with Crippen LogP contribution in [0, 0.1) is 28.4 Å². The van der Waals surface area contributed by atoms with Gasteiger partial charge in [0.2, 0.25) is 0 Å². The van der Waals surface area contributed by atoms with E-state index in [1.165, 1.54) is 12.1 Å². The van der Waals surface area contributed by atoms with Gasteiger partial charge in [-0.15, -0.1) is 0 Å². The van der Waals surface area contributed by atoms with E-state index < -0.39 is 22.8 Å². The van der Waals surface area contributed by atoms with Crippen LogP contribution < -0.4 is 10.5 Å². The normalized spacial score (nSPS) is 11.2. The van der Waals surface area contributed by atoms with Gasteiger partial charge in [0, 0.05) is 0 Å². The van der Waals surface area contributed by atoms with Gasteiger partial charge in [-0.3, -0.25) is 0 Å². The van der Waals surface area contributed by atoms with Crippen LogP contribution in [0.5, 0.6) is 5.75 Å². The largest absolute Gasteiger partial charge is 0.488 e. The van der Waals surface area contributed by atoms with Gasteiger partial charge in [0.25, 0.3) is 0 Å². The van der Waals surface area contributed by atoms with Gasteiger partial charge < -0.3 is 10.5 Å². The molecular weight excluding hydrogens is 250 g/mol. The fourth-order valence-electron chi connectivity index (χ4n) is 1.53. The van der Waals surface area contributed by atoms with Gasteiger partial charge in [0.05, 0.1) is 18.1 Å². The summed E-state index contributed by atoms with van der Waals surface area (Å²) in [5.41, 5.74) is 5.26. The van der Waals surface area contributed by atoms with Gasteiger partial charge in [-0.05, 0) is 50.9 Å². The molecule has 1 aromatic carbocycles. The smallest absolute Gasteiger partial charge is 0.190 e. The van der Waals surface area contributed by atoms with E-state index in [-0.39, 0.29) is 6.61 Å². The van der Waals surface area contributed by atoms with Crippen LogP contribution in [-0.4, -0.2) is 13.2 Å². The van der Waals surface area contributed by atoms with Crippen molar-refractivity contribution >= 4 is 0 Å². The Hall–Kier alpha value is -1.67. The molecular formula is C14H18F2N2O. The minimum Gasteiger partial charge on any atom is -0.488 e. The number of nitrogens with zero attached hydrogens (tertiary/aromatic N) is 1. The summed E-state index contributed by atoms with van der Waals surface area (Å²) in [7, 11) is 0. The van der Waals surface area contributed by atoms with Crippen molar-refractivity contribution in [2.45, 2.75) is 26.7 Å². The Morgan fingerprint density at radius 1 is 1.32 bits per heavy atom. The average molecular weight is 268 g/mol. The first-order chi connectivity index (χ1) is 8.89. The zero-order chi connectivity index (χ0) is 14.5. The molecule has 0 radical (unpaired) electrons. The standard InChI is InChI=1S/C14H18F2N2O/c1-14(2,9-18)4-6-19-13-11(15)7-10(3-5-17)8-12(13)16/h7-8H,3-6,17H2,1-2H3. The number of ether oxygens (including phenoxy) is 1. The highest BCUT2D eigenvalue weighted by molar-refractivity contribution is 5.31. The zero-order valence-corrected chi connectivity index (χ0v) is 11.2. The second-order valence-corrected chi connectivity index (χ2v) is 5.02. The fourth-order valence-corrected chi connectivity index (χ4v) is 1.53. The Kier molecular flexibility index (Phi) is 5.25. The van der Waals surface area contributed by atoms with Crippen LogP contribution in [0.3, 0.4) is 0 Å². The van der Waals surface area contributed by atoms with Crippen LogP contribution in [0.2, 0.25) is 0 Å². The number of benzene rings is 1. The predicted octanol–water partition coefficient (Wildman–Crippen LogP) is 2.78. The zero-order valence-electron chi connectivity index (χ0n) is 11.2. The summed E-state index contributed by atoms with van der Waals surface area (Å²) in [6.45, 7) is 3.90. The molecule has 0 fully saturated rings. The third-order valence-corrected chi connectivity index (χ3v) is 2.77. The second kappa shape index (κ2) is 6.48. The molecule has 0 unspecified atom stereocenters. The molecule has 0 amide bonds. The number of hydrogen-bond donors (Lipinski definition) is 1. The molecule has 0 aliphatic rings. The van der Waals surface area contributed by atoms with Crippen molar-refractivity contribution in [1.82, 2.24) is 0 Å². The lowest BCUT2D eigenvalue weighted by molar-refractivity contribution is 0.243. The molecule has 0 spiro atoms. The molecule has 0 bridgehead atoms. The SMILES string of the molecule is CC(C)(C#N)CCOc1c(F)cc(CCN)cc1F. The highest BCUT2D eigenvalue weighted by Gasteiger charge is 2.18. The topological polar surface area (TPSA) is 59.0 Å². The summed E-state index contributed by atoms with van der Waals surface area (Å²) in [5, 5.41) is 8.83. The summed E-state index contributed by atoms with van der Waals surface area (Å²) in [6.07, 6.45) is 0.808. The third-order valence-electron chi connectivity index (χ3n) is 2.77. The van der Waals surface area contributed by atoms with Gasteiger partial charge >= 0.3 is 0 Å². The number of rotatable bonds is 6. The minimum absolute atomic E-state index is 0.0879. The van der Waals surface area contributed by atoms with Crippen molar-refractivity contribution in [3.63, 3.8) is 0 Å². The molecule has 2 N–H and O–H groups in total. The fraction of sp³-hybridized carbons (Fsp3) is 0.500. The summed E-state index contributed by atoms with van der Waals surface area (Å²) in [5.74, 6) is -1.87. The molecule has 0 aromatic heterocycles. The van der Waals surface area contributed by atoms with E-state index in [4.69, 9.17) is 15.7 Å². The lowest BCUT2D eigenvalue weighted by Crippen LogP contribution is -2.14. The van der Waals surface area contributed by atoms with E-state index in [2.05, 4.69) is 6.07 Å². The molecule has 0 atom stereocenters. The molecule has 1 rings (SSSR count). The molecule has 0 heterocycles. The van der Waals surface area contributed by atoms with E-state index >= 15 is 0 Å². The van der Waals surface area contributed by atoms with Crippen molar-refractivity contribution in [3.05, 3.63) is 29.3 Å². The minimum atomic E-state index is -0.738. The van der Waals surface area contributed by atoms with Gasteiger partial charge in [-0.2, -0.15) is 5.26 Å². The van der Waals surface area contributed by atoms with E-state index in [9.17, 15) is 8.78 Å². The molecule has 0 aliphatic heterocycles. The number of halogens is 2. The molecule has 0 saturated heterocycles. The van der Waals surface area contributed by atoms with Crippen molar-refractivity contribution in [3.8, 4) is 11.8 Å². The number of nitriles is 1. The highest BCUT2D eigenvalue weighted by Crippen LogP contribution is 2.25. The Bertz CT molecular complexity index is 458. The van der Waals surface area contributed by atoms with Gasteiger partial charge in [-0.1, -0.05) is 0 Å². The van der Waals surface area contributed by atoms with E-state index in [1.807, 2.05) is 0 Å². The Balaban J connectivity index is 2.72. The lowest BCUT2D eigenvalue weighted by atomic mass is 9.92. The van der Waals surface area contributed by atoms with Crippen molar-refractivity contribution in [2.24, 2.45) is 11.1 Å². The van der Waals surface area contributed by atoms with Crippen LogP contribution in [0.4, 0.5) is 8.78 Å². The van der Waals surface area contributed by atoms with Crippen LogP contribution in [-0.2, 0) is 6.42 Å². The van der Waals surface area contributed by atoms with E-state index in [0.717, 1.165) is 0 Å². The monoisotopic (exact) mass is 268 g/mol. The van der Waals surface area contributed by atoms with Crippen LogP contribution in [0.25, 0.3) is 0 Å². The Morgan fingerprint density at radius 3 is 2.37 bits per heavy atom. The average Bonchev–Trinajstić information content (AvgIpc) is 2.33.